The Bertz CT molecular complexity index is 417. The van der Waals surface area contributed by atoms with Gasteiger partial charge in [-0.1, -0.05) is 6.42 Å². The van der Waals surface area contributed by atoms with Gasteiger partial charge in [0.05, 0.1) is 0 Å². The second-order valence-electron chi connectivity index (χ2n) is 5.23. The number of amides is 1. The fourth-order valence-corrected chi connectivity index (χ4v) is 2.50. The van der Waals surface area contributed by atoms with Gasteiger partial charge in [-0.3, -0.25) is 9.89 Å². The zero-order valence-corrected chi connectivity index (χ0v) is 11.8. The van der Waals surface area contributed by atoms with Crippen molar-refractivity contribution in [2.24, 2.45) is 0 Å². The molecule has 1 unspecified atom stereocenters. The zero-order valence-electron chi connectivity index (χ0n) is 11.8. The van der Waals surface area contributed by atoms with Crippen LogP contribution in [-0.4, -0.2) is 51.7 Å². The van der Waals surface area contributed by atoms with Crippen LogP contribution in [0.1, 0.15) is 49.1 Å². The summed E-state index contributed by atoms with van der Waals surface area (Å²) < 4.78 is 0. The normalized spacial score (nSPS) is 20.4. The Morgan fingerprint density at radius 1 is 1.53 bits per heavy atom. The van der Waals surface area contributed by atoms with Gasteiger partial charge in [-0.2, -0.15) is 0 Å². The smallest absolute Gasteiger partial charge is 0.290 e. The number of aromatic amines is 1. The Hall–Kier alpha value is -1.43. The molecule has 2 rings (SSSR count). The number of piperidine rings is 1. The number of hydrogen-bond donors (Lipinski definition) is 2. The van der Waals surface area contributed by atoms with Crippen molar-refractivity contribution in [1.29, 1.82) is 0 Å². The first-order valence-corrected chi connectivity index (χ1v) is 7.08. The quantitative estimate of drug-likeness (QED) is 0.782. The summed E-state index contributed by atoms with van der Waals surface area (Å²) in [5.74, 6) is 0.687. The van der Waals surface area contributed by atoms with Crippen LogP contribution in [-0.2, 0) is 0 Å². The van der Waals surface area contributed by atoms with Crippen molar-refractivity contribution in [3.63, 3.8) is 0 Å². The van der Waals surface area contributed by atoms with Crippen molar-refractivity contribution in [2.45, 2.75) is 45.6 Å². The van der Waals surface area contributed by atoms with Crippen LogP contribution < -0.4 is 5.32 Å². The molecule has 2 heterocycles. The third-order valence-electron chi connectivity index (χ3n) is 3.65. The number of carbonyl (C=O) groups excluding carboxylic acids is 1. The third kappa shape index (κ3) is 4.02. The number of hydrogen-bond acceptors (Lipinski definition) is 4. The van der Waals surface area contributed by atoms with Gasteiger partial charge < -0.3 is 10.2 Å². The van der Waals surface area contributed by atoms with Crippen molar-refractivity contribution in [3.8, 4) is 0 Å². The molecule has 0 aromatic carbocycles. The average Bonchev–Trinajstić information content (AvgIpc) is 2.83. The van der Waals surface area contributed by atoms with E-state index < -0.39 is 0 Å². The second-order valence-corrected chi connectivity index (χ2v) is 5.23. The lowest BCUT2D eigenvalue weighted by Crippen LogP contribution is -2.39. The van der Waals surface area contributed by atoms with Gasteiger partial charge in [0.25, 0.3) is 5.91 Å². The summed E-state index contributed by atoms with van der Waals surface area (Å²) in [4.78, 5) is 18.2. The summed E-state index contributed by atoms with van der Waals surface area (Å²) in [6, 6.07) is 0.681. The van der Waals surface area contributed by atoms with E-state index in [1.165, 1.54) is 25.8 Å². The van der Waals surface area contributed by atoms with Crippen molar-refractivity contribution >= 4 is 5.91 Å². The molecule has 2 N–H and O–H groups in total. The van der Waals surface area contributed by atoms with E-state index in [1.54, 1.807) is 6.92 Å². The number of H-pyrrole nitrogens is 1. The topological polar surface area (TPSA) is 73.9 Å². The summed E-state index contributed by atoms with van der Waals surface area (Å²) >= 11 is 0. The van der Waals surface area contributed by atoms with E-state index in [9.17, 15) is 4.79 Å². The van der Waals surface area contributed by atoms with Crippen LogP contribution in [0.4, 0.5) is 0 Å². The van der Waals surface area contributed by atoms with E-state index >= 15 is 0 Å². The molecule has 1 aliphatic heterocycles. The molecule has 106 valence electrons. The minimum Gasteiger partial charge on any atom is -0.349 e. The first-order chi connectivity index (χ1) is 9.16. The molecule has 1 saturated heterocycles. The number of carbonyl (C=O) groups is 1. The summed E-state index contributed by atoms with van der Waals surface area (Å²) in [6.45, 7) is 6.98. The second kappa shape index (κ2) is 6.65. The third-order valence-corrected chi connectivity index (χ3v) is 3.65. The molecule has 1 aliphatic rings. The van der Waals surface area contributed by atoms with Crippen molar-refractivity contribution in [2.75, 3.05) is 19.6 Å². The highest BCUT2D eigenvalue weighted by atomic mass is 16.2. The summed E-state index contributed by atoms with van der Waals surface area (Å²) in [7, 11) is 0. The van der Waals surface area contributed by atoms with Gasteiger partial charge in [-0.25, -0.2) is 4.98 Å². The Morgan fingerprint density at radius 3 is 3.05 bits per heavy atom. The SMILES string of the molecule is Cc1nc(C(=O)NCCCN2CCCCC2C)n[nH]1. The summed E-state index contributed by atoms with van der Waals surface area (Å²) in [6.07, 6.45) is 4.91. The van der Waals surface area contributed by atoms with Crippen LogP contribution in [0.3, 0.4) is 0 Å². The number of aryl methyl sites for hydroxylation is 1. The van der Waals surface area contributed by atoms with E-state index in [4.69, 9.17) is 0 Å². The lowest BCUT2D eigenvalue weighted by Gasteiger charge is -2.33. The highest BCUT2D eigenvalue weighted by molar-refractivity contribution is 5.90. The maximum absolute atomic E-state index is 11.7. The molecule has 6 heteroatoms. The molecule has 1 aromatic rings. The molecule has 0 bridgehead atoms. The number of nitrogens with zero attached hydrogens (tertiary/aromatic N) is 3. The molecule has 0 spiro atoms. The van der Waals surface area contributed by atoms with E-state index in [-0.39, 0.29) is 11.7 Å². The fraction of sp³-hybridized carbons (Fsp3) is 0.769. The molecule has 6 nitrogen and oxygen atoms in total. The largest absolute Gasteiger partial charge is 0.349 e. The Kier molecular flexibility index (Phi) is 4.90. The van der Waals surface area contributed by atoms with Crippen molar-refractivity contribution in [3.05, 3.63) is 11.6 Å². The van der Waals surface area contributed by atoms with Gasteiger partial charge in [-0.05, 0) is 39.7 Å². The number of aromatic nitrogens is 3. The average molecular weight is 265 g/mol. The molecule has 1 amide bonds. The molecule has 1 fully saturated rings. The zero-order chi connectivity index (χ0) is 13.7. The standard InChI is InChI=1S/C13H23N5O/c1-10-6-3-4-8-18(10)9-5-7-14-13(19)12-15-11(2)16-17-12/h10H,3-9H2,1-2H3,(H,14,19)(H,15,16,17). The van der Waals surface area contributed by atoms with Crippen LogP contribution in [0.25, 0.3) is 0 Å². The minimum absolute atomic E-state index is 0.198. The highest BCUT2D eigenvalue weighted by Crippen LogP contribution is 2.15. The van der Waals surface area contributed by atoms with Crippen LogP contribution in [0, 0.1) is 6.92 Å². The number of nitrogens with one attached hydrogen (secondary N) is 2. The Morgan fingerprint density at radius 2 is 2.37 bits per heavy atom. The maximum atomic E-state index is 11.7. The first kappa shape index (κ1) is 14.0. The van der Waals surface area contributed by atoms with E-state index in [1.807, 2.05) is 0 Å². The fourth-order valence-electron chi connectivity index (χ4n) is 2.50. The van der Waals surface area contributed by atoms with Gasteiger partial charge in [0.15, 0.2) is 0 Å². The van der Waals surface area contributed by atoms with E-state index in [0.29, 0.717) is 18.4 Å². The number of rotatable bonds is 5. The van der Waals surface area contributed by atoms with Crippen LogP contribution in [0.5, 0.6) is 0 Å². The minimum atomic E-state index is -0.198. The Labute approximate surface area is 114 Å². The predicted octanol–water partition coefficient (Wildman–Crippen LogP) is 1.11. The molecule has 0 aliphatic carbocycles. The van der Waals surface area contributed by atoms with Gasteiger partial charge in [0.2, 0.25) is 5.82 Å². The van der Waals surface area contributed by atoms with Gasteiger partial charge in [0, 0.05) is 19.1 Å². The molecule has 1 aromatic heterocycles. The molecule has 19 heavy (non-hydrogen) atoms. The van der Waals surface area contributed by atoms with Crippen molar-refractivity contribution < 1.29 is 4.79 Å². The summed E-state index contributed by atoms with van der Waals surface area (Å²) in [5.41, 5.74) is 0. The predicted molar refractivity (Wildman–Crippen MR) is 73.0 cm³/mol. The maximum Gasteiger partial charge on any atom is 0.290 e. The van der Waals surface area contributed by atoms with Gasteiger partial charge >= 0.3 is 0 Å². The molecule has 0 saturated carbocycles. The monoisotopic (exact) mass is 265 g/mol. The number of likely N-dealkylation sites (tertiary alicyclic amines) is 1. The first-order valence-electron chi connectivity index (χ1n) is 7.08. The molecule has 1 atom stereocenters. The molecular weight excluding hydrogens is 242 g/mol. The molecule has 0 radical (unpaired) electrons. The summed E-state index contributed by atoms with van der Waals surface area (Å²) in [5, 5.41) is 9.36. The van der Waals surface area contributed by atoms with Gasteiger partial charge in [0.1, 0.15) is 5.82 Å². The lowest BCUT2D eigenvalue weighted by atomic mass is 10.0. The molecular formula is C13H23N5O. The highest BCUT2D eigenvalue weighted by Gasteiger charge is 2.17. The lowest BCUT2D eigenvalue weighted by molar-refractivity contribution is 0.0939. The Balaban J connectivity index is 1.65. The van der Waals surface area contributed by atoms with Crippen molar-refractivity contribution in [1.82, 2.24) is 25.4 Å². The van der Waals surface area contributed by atoms with E-state index in [2.05, 4.69) is 32.3 Å². The van der Waals surface area contributed by atoms with E-state index in [0.717, 1.165) is 13.0 Å². The van der Waals surface area contributed by atoms with Crippen LogP contribution in [0.15, 0.2) is 0 Å². The van der Waals surface area contributed by atoms with Crippen LogP contribution >= 0.6 is 0 Å². The van der Waals surface area contributed by atoms with Crippen LogP contribution in [0.2, 0.25) is 0 Å². The van der Waals surface area contributed by atoms with Gasteiger partial charge in [-0.15, -0.1) is 5.10 Å².